The number of benzene rings is 1. The zero-order chi connectivity index (χ0) is 21.1. The number of amides is 1. The molecule has 0 spiro atoms. The van der Waals surface area contributed by atoms with Crippen molar-refractivity contribution in [1.82, 2.24) is 25.1 Å². The second-order valence-electron chi connectivity index (χ2n) is 6.91. The van der Waals surface area contributed by atoms with E-state index in [0.717, 1.165) is 22.9 Å². The number of aromatic nitrogens is 5. The van der Waals surface area contributed by atoms with Gasteiger partial charge in [0, 0.05) is 18.2 Å². The second-order valence-corrected chi connectivity index (χ2v) is 9.09. The number of aryl methyl sites for hydroxylation is 1. The summed E-state index contributed by atoms with van der Waals surface area (Å²) < 4.78 is 0.756. The maximum atomic E-state index is 12.2. The minimum atomic E-state index is 0.0854. The van der Waals surface area contributed by atoms with Gasteiger partial charge in [0.1, 0.15) is 5.82 Å². The van der Waals surface area contributed by atoms with Crippen molar-refractivity contribution < 1.29 is 4.79 Å². The summed E-state index contributed by atoms with van der Waals surface area (Å²) in [7, 11) is 0. The summed E-state index contributed by atoms with van der Waals surface area (Å²) in [5, 5.41) is 12.2. The molecule has 1 saturated carbocycles. The van der Waals surface area contributed by atoms with Crippen LogP contribution in [-0.2, 0) is 10.5 Å². The Balaban J connectivity index is 1.42. The van der Waals surface area contributed by atoms with Gasteiger partial charge in [-0.05, 0) is 31.9 Å². The van der Waals surface area contributed by atoms with E-state index in [-0.39, 0.29) is 17.9 Å². The standard InChI is InChI=1S/C19H22N8OS2/c1-3-15(28)27(13-8-9-13)18-25-26-19(30-18)29-10-14-22-16(20)24-17(23-14)21-12-6-4-11(2)5-7-12/h4-7,13H,3,8-10H2,1-2H3,(H3,20,21,22,23,24). The monoisotopic (exact) mass is 442 g/mol. The van der Waals surface area contributed by atoms with Crippen LogP contribution < -0.4 is 16.0 Å². The van der Waals surface area contributed by atoms with Gasteiger partial charge < -0.3 is 11.1 Å². The van der Waals surface area contributed by atoms with Crippen LogP contribution in [0.5, 0.6) is 0 Å². The molecule has 4 rings (SSSR count). The van der Waals surface area contributed by atoms with Gasteiger partial charge in [-0.2, -0.15) is 15.0 Å². The zero-order valence-electron chi connectivity index (χ0n) is 16.7. The van der Waals surface area contributed by atoms with Crippen molar-refractivity contribution in [2.45, 2.75) is 49.2 Å². The largest absolute Gasteiger partial charge is 0.368 e. The van der Waals surface area contributed by atoms with Crippen molar-refractivity contribution in [2.75, 3.05) is 16.0 Å². The van der Waals surface area contributed by atoms with Crippen LogP contribution in [0.15, 0.2) is 28.6 Å². The molecule has 0 atom stereocenters. The molecule has 2 aromatic heterocycles. The van der Waals surface area contributed by atoms with E-state index >= 15 is 0 Å². The number of thioether (sulfide) groups is 1. The van der Waals surface area contributed by atoms with E-state index in [0.29, 0.717) is 29.1 Å². The van der Waals surface area contributed by atoms with Crippen LogP contribution in [0.4, 0.5) is 22.7 Å². The number of nitrogens with two attached hydrogens (primary N) is 1. The third-order valence-corrected chi connectivity index (χ3v) is 6.47. The minimum absolute atomic E-state index is 0.0854. The summed E-state index contributed by atoms with van der Waals surface area (Å²) >= 11 is 2.87. The van der Waals surface area contributed by atoms with E-state index in [9.17, 15) is 4.79 Å². The Hall–Kier alpha value is -2.79. The van der Waals surface area contributed by atoms with Crippen molar-refractivity contribution in [2.24, 2.45) is 0 Å². The summed E-state index contributed by atoms with van der Waals surface area (Å²) in [6, 6.07) is 8.18. The third-order valence-electron chi connectivity index (χ3n) is 4.42. The number of carbonyl (C=O) groups excluding carboxylic acids is 1. The molecule has 0 unspecified atom stereocenters. The van der Waals surface area contributed by atoms with Crippen LogP contribution in [0.1, 0.15) is 37.6 Å². The highest BCUT2D eigenvalue weighted by molar-refractivity contribution is 8.00. The first-order valence-electron chi connectivity index (χ1n) is 9.64. The Kier molecular flexibility index (Phi) is 6.09. The Labute approximate surface area is 182 Å². The van der Waals surface area contributed by atoms with Gasteiger partial charge in [0.05, 0.1) is 5.75 Å². The van der Waals surface area contributed by atoms with Crippen LogP contribution in [0.2, 0.25) is 0 Å². The molecular formula is C19H22N8OS2. The summed E-state index contributed by atoms with van der Waals surface area (Å²) in [6.45, 7) is 3.89. The average molecular weight is 443 g/mol. The Morgan fingerprint density at radius 2 is 2.00 bits per heavy atom. The maximum Gasteiger partial charge on any atom is 0.232 e. The number of nitrogens with zero attached hydrogens (tertiary/aromatic N) is 6. The van der Waals surface area contributed by atoms with E-state index in [1.54, 1.807) is 4.90 Å². The van der Waals surface area contributed by atoms with Crippen LogP contribution >= 0.6 is 23.1 Å². The molecule has 3 aromatic rings. The summed E-state index contributed by atoms with van der Waals surface area (Å²) in [5.74, 6) is 1.65. The van der Waals surface area contributed by atoms with E-state index in [2.05, 4.69) is 30.5 Å². The molecule has 11 heteroatoms. The number of nitrogen functional groups attached to an aromatic ring is 1. The number of carbonyl (C=O) groups is 1. The zero-order valence-corrected chi connectivity index (χ0v) is 18.3. The highest BCUT2D eigenvalue weighted by atomic mass is 32.2. The molecule has 1 fully saturated rings. The lowest BCUT2D eigenvalue weighted by Gasteiger charge is -2.17. The van der Waals surface area contributed by atoms with Gasteiger partial charge >= 0.3 is 0 Å². The predicted octanol–water partition coefficient (Wildman–Crippen LogP) is 3.56. The minimum Gasteiger partial charge on any atom is -0.368 e. The molecule has 1 aromatic carbocycles. The van der Waals surface area contributed by atoms with Crippen molar-refractivity contribution in [3.63, 3.8) is 0 Å². The number of rotatable bonds is 8. The molecule has 0 aliphatic heterocycles. The quantitative estimate of drug-likeness (QED) is 0.398. The molecule has 1 aliphatic rings. The van der Waals surface area contributed by atoms with E-state index in [4.69, 9.17) is 5.73 Å². The lowest BCUT2D eigenvalue weighted by molar-refractivity contribution is -0.118. The van der Waals surface area contributed by atoms with Gasteiger partial charge in [-0.1, -0.05) is 47.7 Å². The molecule has 2 heterocycles. The van der Waals surface area contributed by atoms with Crippen LogP contribution in [0.3, 0.4) is 0 Å². The molecule has 9 nitrogen and oxygen atoms in total. The highest BCUT2D eigenvalue weighted by Gasteiger charge is 2.35. The van der Waals surface area contributed by atoms with Crippen molar-refractivity contribution in [3.05, 3.63) is 35.7 Å². The lowest BCUT2D eigenvalue weighted by Crippen LogP contribution is -2.32. The molecule has 30 heavy (non-hydrogen) atoms. The summed E-state index contributed by atoms with van der Waals surface area (Å²) in [5.41, 5.74) is 7.90. The number of anilines is 4. The molecule has 156 valence electrons. The first-order chi connectivity index (χ1) is 14.5. The fourth-order valence-electron chi connectivity index (χ4n) is 2.78. The predicted molar refractivity (Wildman–Crippen MR) is 119 cm³/mol. The first kappa shape index (κ1) is 20.5. The van der Waals surface area contributed by atoms with E-state index in [1.165, 1.54) is 28.7 Å². The van der Waals surface area contributed by atoms with Crippen LogP contribution in [0, 0.1) is 6.92 Å². The average Bonchev–Trinajstić information content (AvgIpc) is 3.45. The molecule has 1 amide bonds. The van der Waals surface area contributed by atoms with Gasteiger partial charge in [-0.15, -0.1) is 10.2 Å². The van der Waals surface area contributed by atoms with Crippen molar-refractivity contribution >= 4 is 51.7 Å². The van der Waals surface area contributed by atoms with Crippen molar-refractivity contribution in [3.8, 4) is 0 Å². The molecule has 0 radical (unpaired) electrons. The first-order valence-corrected chi connectivity index (χ1v) is 11.4. The lowest BCUT2D eigenvalue weighted by atomic mass is 10.2. The number of nitrogens with one attached hydrogen (secondary N) is 1. The fourth-order valence-corrected chi connectivity index (χ4v) is 4.56. The van der Waals surface area contributed by atoms with Gasteiger partial charge in [-0.3, -0.25) is 9.69 Å². The SMILES string of the molecule is CCC(=O)N(c1nnc(SCc2nc(N)nc(Nc3ccc(C)cc3)n2)s1)C1CC1. The Morgan fingerprint density at radius 3 is 2.70 bits per heavy atom. The number of hydrogen-bond acceptors (Lipinski definition) is 10. The third kappa shape index (κ3) is 5.03. The molecule has 0 saturated heterocycles. The molecule has 1 aliphatic carbocycles. The number of hydrogen-bond donors (Lipinski definition) is 2. The van der Waals surface area contributed by atoms with Gasteiger partial charge in [0.2, 0.25) is 22.9 Å². The Morgan fingerprint density at radius 1 is 1.23 bits per heavy atom. The van der Waals surface area contributed by atoms with Gasteiger partial charge in [0.15, 0.2) is 4.34 Å². The summed E-state index contributed by atoms with van der Waals surface area (Å²) in [6.07, 6.45) is 2.50. The van der Waals surface area contributed by atoms with Gasteiger partial charge in [-0.25, -0.2) is 0 Å². The highest BCUT2D eigenvalue weighted by Crippen LogP contribution is 2.36. The summed E-state index contributed by atoms with van der Waals surface area (Å²) in [4.78, 5) is 26.8. The topological polar surface area (TPSA) is 123 Å². The second kappa shape index (κ2) is 8.92. The molecule has 3 N–H and O–H groups in total. The normalized spacial score (nSPS) is 13.3. The molecular weight excluding hydrogens is 420 g/mol. The smallest absolute Gasteiger partial charge is 0.232 e. The van der Waals surface area contributed by atoms with Crippen LogP contribution in [0.25, 0.3) is 0 Å². The van der Waals surface area contributed by atoms with Crippen molar-refractivity contribution in [1.29, 1.82) is 0 Å². The fraction of sp³-hybridized carbons (Fsp3) is 0.368. The van der Waals surface area contributed by atoms with Crippen LogP contribution in [-0.4, -0.2) is 37.1 Å². The van der Waals surface area contributed by atoms with E-state index in [1.807, 2.05) is 38.1 Å². The Bertz CT molecular complexity index is 1040. The van der Waals surface area contributed by atoms with E-state index < -0.39 is 0 Å². The maximum absolute atomic E-state index is 12.2. The molecule has 0 bridgehead atoms. The van der Waals surface area contributed by atoms with Gasteiger partial charge in [0.25, 0.3) is 0 Å².